The number of nitrogens with two attached hydrogens (primary N) is 1. The normalized spacial score (nSPS) is 25.7. The van der Waals surface area contributed by atoms with Crippen LogP contribution in [0.15, 0.2) is 34.8 Å². The smallest absolute Gasteiger partial charge is 0.168 e. The molecule has 7 heteroatoms. The van der Waals surface area contributed by atoms with Crippen LogP contribution in [0.5, 0.6) is 17.2 Å². The number of fused-ring (bicyclic) bond motifs is 4. The molecule has 2 heterocycles. The Kier molecular flexibility index (Phi) is 2.96. The second-order valence-electron chi connectivity index (χ2n) is 5.32. The summed E-state index contributed by atoms with van der Waals surface area (Å²) in [6.45, 7) is 0.249. The number of halogens is 2. The second-order valence-corrected chi connectivity index (χ2v) is 6.24. The molecule has 2 aromatic rings. The van der Waals surface area contributed by atoms with E-state index >= 15 is 0 Å². The molecule has 114 valence electrons. The Labute approximate surface area is 134 Å². The maximum Gasteiger partial charge on any atom is 0.168 e. The lowest BCUT2D eigenvalue weighted by atomic mass is 9.81. The summed E-state index contributed by atoms with van der Waals surface area (Å²) in [4.78, 5) is 0. The van der Waals surface area contributed by atoms with Crippen molar-refractivity contribution in [1.82, 2.24) is 5.32 Å². The molecule has 0 aromatic heterocycles. The van der Waals surface area contributed by atoms with Gasteiger partial charge in [-0.3, -0.25) is 11.1 Å². The minimum absolute atomic E-state index is 0.249. The summed E-state index contributed by atoms with van der Waals surface area (Å²) in [5.74, 6) is -0.263. The van der Waals surface area contributed by atoms with E-state index in [1.165, 1.54) is 12.1 Å². The third-order valence-corrected chi connectivity index (χ3v) is 4.49. The number of benzene rings is 2. The molecule has 2 atom stereocenters. The molecule has 4 N–H and O–H groups in total. The van der Waals surface area contributed by atoms with Crippen molar-refractivity contribution in [2.45, 2.75) is 11.9 Å². The summed E-state index contributed by atoms with van der Waals surface area (Å²) in [6, 6.07) is 8.04. The zero-order chi connectivity index (χ0) is 15.5. The van der Waals surface area contributed by atoms with Crippen LogP contribution in [-0.2, 0) is 10.3 Å². The van der Waals surface area contributed by atoms with Gasteiger partial charge in [0.25, 0.3) is 0 Å². The van der Waals surface area contributed by atoms with Gasteiger partial charge in [0.1, 0.15) is 17.0 Å². The molecule has 5 nitrogen and oxygen atoms in total. The monoisotopic (exact) mass is 366 g/mol. The number of rotatable bonds is 0. The Morgan fingerprint density at radius 1 is 1.27 bits per heavy atom. The fourth-order valence-corrected chi connectivity index (χ4v) is 3.36. The minimum Gasteiger partial charge on any atom is -0.505 e. The van der Waals surface area contributed by atoms with Crippen molar-refractivity contribution in [3.63, 3.8) is 0 Å². The molecule has 1 spiro atoms. The van der Waals surface area contributed by atoms with Crippen LogP contribution in [0.25, 0.3) is 0 Å². The highest BCUT2D eigenvalue weighted by Gasteiger charge is 2.48. The number of phenolic OH excluding ortho intramolecular Hbond substituents is 1. The fourth-order valence-electron chi connectivity index (χ4n) is 3.00. The van der Waals surface area contributed by atoms with Crippen LogP contribution in [0, 0.1) is 5.82 Å². The molecule has 2 aliphatic rings. The molecule has 0 amide bonds. The first-order valence-corrected chi connectivity index (χ1v) is 7.45. The lowest BCUT2D eigenvalue weighted by Crippen LogP contribution is -2.47. The van der Waals surface area contributed by atoms with Crippen LogP contribution < -0.4 is 15.8 Å². The van der Waals surface area contributed by atoms with Crippen molar-refractivity contribution in [3.8, 4) is 17.2 Å². The van der Waals surface area contributed by atoms with Gasteiger partial charge in [-0.25, -0.2) is 4.39 Å². The maximum atomic E-state index is 13.7. The number of nitrogens with one attached hydrogen (secondary N) is 1. The molecule has 22 heavy (non-hydrogen) atoms. The van der Waals surface area contributed by atoms with Crippen molar-refractivity contribution in [2.24, 2.45) is 5.73 Å². The van der Waals surface area contributed by atoms with Gasteiger partial charge in [0.05, 0.1) is 6.61 Å². The van der Waals surface area contributed by atoms with E-state index in [2.05, 4.69) is 21.2 Å². The van der Waals surface area contributed by atoms with Crippen molar-refractivity contribution in [3.05, 3.63) is 51.7 Å². The van der Waals surface area contributed by atoms with Gasteiger partial charge in [0, 0.05) is 21.7 Å². The molecule has 0 radical (unpaired) electrons. The standard InChI is InChI=1S/C15H12BrFN2O3/c16-7-1-2-12-8(3-7)15(6-21-14(18)19-15)9-4-11(20)10(17)5-13(9)22-12/h1-5,14,19-20H,6,18H2/t14?,15-/m1/s1. The molecule has 0 aliphatic carbocycles. The lowest BCUT2D eigenvalue weighted by molar-refractivity contribution is 0.103. The molecule has 1 saturated heterocycles. The Hall–Kier alpha value is -1.67. The third-order valence-electron chi connectivity index (χ3n) is 4.00. The largest absolute Gasteiger partial charge is 0.505 e. The van der Waals surface area contributed by atoms with Gasteiger partial charge in [-0.1, -0.05) is 15.9 Å². The molecule has 0 bridgehead atoms. The van der Waals surface area contributed by atoms with E-state index in [0.717, 1.165) is 10.0 Å². The summed E-state index contributed by atoms with van der Waals surface area (Å²) >= 11 is 3.44. The number of ether oxygens (including phenoxy) is 2. The van der Waals surface area contributed by atoms with Gasteiger partial charge < -0.3 is 14.6 Å². The summed E-state index contributed by atoms with van der Waals surface area (Å²) in [6.07, 6.45) is -0.662. The Morgan fingerprint density at radius 3 is 2.77 bits per heavy atom. The first-order chi connectivity index (χ1) is 10.5. The average Bonchev–Trinajstić information content (AvgIpc) is 2.86. The second kappa shape index (κ2) is 4.66. The SMILES string of the molecule is NC1N[C@]2(CO1)c1cc(Br)ccc1Oc1cc(F)c(O)cc12. The van der Waals surface area contributed by atoms with E-state index in [0.29, 0.717) is 17.1 Å². The topological polar surface area (TPSA) is 76.7 Å². The number of hydrogen-bond donors (Lipinski definition) is 3. The van der Waals surface area contributed by atoms with E-state index in [1.807, 2.05) is 12.1 Å². The van der Waals surface area contributed by atoms with Crippen molar-refractivity contribution < 1.29 is 19.0 Å². The summed E-state index contributed by atoms with van der Waals surface area (Å²) in [7, 11) is 0. The lowest BCUT2D eigenvalue weighted by Gasteiger charge is -2.36. The molecule has 4 rings (SSSR count). The molecular weight excluding hydrogens is 355 g/mol. The average molecular weight is 367 g/mol. The van der Waals surface area contributed by atoms with Crippen molar-refractivity contribution in [1.29, 1.82) is 0 Å². The van der Waals surface area contributed by atoms with Crippen molar-refractivity contribution in [2.75, 3.05) is 6.61 Å². The predicted molar refractivity (Wildman–Crippen MR) is 80.1 cm³/mol. The zero-order valence-corrected chi connectivity index (χ0v) is 12.9. The van der Waals surface area contributed by atoms with E-state index in [1.54, 1.807) is 6.07 Å². The van der Waals surface area contributed by atoms with Crippen LogP contribution in [0.2, 0.25) is 0 Å². The van der Waals surface area contributed by atoms with Crippen LogP contribution in [0.1, 0.15) is 11.1 Å². The minimum atomic E-state index is -0.794. The summed E-state index contributed by atoms with van der Waals surface area (Å²) < 4.78 is 25.8. The van der Waals surface area contributed by atoms with E-state index < -0.39 is 23.5 Å². The van der Waals surface area contributed by atoms with Gasteiger partial charge in [0.2, 0.25) is 0 Å². The maximum absolute atomic E-state index is 13.7. The highest BCUT2D eigenvalue weighted by molar-refractivity contribution is 9.10. The van der Waals surface area contributed by atoms with Gasteiger partial charge in [-0.2, -0.15) is 0 Å². The number of aromatic hydroxyl groups is 1. The number of phenols is 1. The highest BCUT2D eigenvalue weighted by atomic mass is 79.9. The van der Waals surface area contributed by atoms with Crippen molar-refractivity contribution >= 4 is 15.9 Å². The van der Waals surface area contributed by atoms with Crippen LogP contribution >= 0.6 is 15.9 Å². The Balaban J connectivity index is 2.01. The third kappa shape index (κ3) is 1.87. The summed E-state index contributed by atoms with van der Waals surface area (Å²) in [5, 5.41) is 12.9. The predicted octanol–water partition coefficient (Wildman–Crippen LogP) is 2.51. The van der Waals surface area contributed by atoms with Crippen LogP contribution in [-0.4, -0.2) is 18.1 Å². The quantitative estimate of drug-likeness (QED) is 0.667. The van der Waals surface area contributed by atoms with Gasteiger partial charge in [-0.05, 0) is 24.3 Å². The molecule has 2 aliphatic heterocycles. The molecular formula is C15H12BrFN2O3. The van der Waals surface area contributed by atoms with E-state index in [-0.39, 0.29) is 6.61 Å². The van der Waals surface area contributed by atoms with Crippen LogP contribution in [0.4, 0.5) is 4.39 Å². The first-order valence-electron chi connectivity index (χ1n) is 6.65. The molecule has 2 aromatic carbocycles. The number of hydrogen-bond acceptors (Lipinski definition) is 5. The first kappa shape index (κ1) is 14.0. The van der Waals surface area contributed by atoms with E-state index in [4.69, 9.17) is 15.2 Å². The highest BCUT2D eigenvalue weighted by Crippen LogP contribution is 2.50. The summed E-state index contributed by atoms with van der Waals surface area (Å²) in [5.41, 5.74) is 6.44. The van der Waals surface area contributed by atoms with Gasteiger partial charge >= 0.3 is 0 Å². The van der Waals surface area contributed by atoms with Gasteiger partial charge in [-0.15, -0.1) is 0 Å². The van der Waals surface area contributed by atoms with Gasteiger partial charge in [0.15, 0.2) is 17.9 Å². The Morgan fingerprint density at radius 2 is 2.05 bits per heavy atom. The zero-order valence-electron chi connectivity index (χ0n) is 11.3. The van der Waals surface area contributed by atoms with E-state index in [9.17, 15) is 9.50 Å². The fraction of sp³-hybridized carbons (Fsp3) is 0.200. The Bertz CT molecular complexity index is 786. The van der Waals surface area contributed by atoms with Crippen LogP contribution in [0.3, 0.4) is 0 Å². The molecule has 1 fully saturated rings. The molecule has 0 saturated carbocycles. The molecule has 1 unspecified atom stereocenters.